The van der Waals surface area contributed by atoms with Crippen LogP contribution < -0.4 is 5.32 Å². The molecule has 1 aromatic carbocycles. The molecular weight excluding hydrogens is 254 g/mol. The second-order valence-corrected chi connectivity index (χ2v) is 8.20. The van der Waals surface area contributed by atoms with Crippen LogP contribution >= 0.6 is 0 Å². The number of hydrogen-bond acceptors (Lipinski definition) is 1. The third-order valence-corrected chi connectivity index (χ3v) is 5.81. The maximum Gasteiger partial charge on any atom is 0.00882 e. The Hall–Kier alpha value is -0.820. The molecular formula is C20H33N. The maximum atomic E-state index is 3.44. The van der Waals surface area contributed by atoms with Crippen LogP contribution in [-0.2, 0) is 10.8 Å². The number of rotatable bonds is 5. The van der Waals surface area contributed by atoms with E-state index in [2.05, 4.69) is 71.2 Å². The summed E-state index contributed by atoms with van der Waals surface area (Å²) >= 11 is 0. The second-order valence-electron chi connectivity index (χ2n) is 8.20. The van der Waals surface area contributed by atoms with Crippen LogP contribution in [0.5, 0.6) is 0 Å². The molecule has 0 aromatic heterocycles. The molecule has 1 aromatic rings. The van der Waals surface area contributed by atoms with Crippen LogP contribution in [0.3, 0.4) is 0 Å². The van der Waals surface area contributed by atoms with Crippen molar-refractivity contribution in [1.82, 2.24) is 5.32 Å². The van der Waals surface area contributed by atoms with Gasteiger partial charge in [0.15, 0.2) is 0 Å². The van der Waals surface area contributed by atoms with Gasteiger partial charge in [-0.15, -0.1) is 0 Å². The number of benzene rings is 1. The first kappa shape index (κ1) is 16.5. The van der Waals surface area contributed by atoms with Gasteiger partial charge < -0.3 is 5.32 Å². The van der Waals surface area contributed by atoms with Gasteiger partial charge in [0.05, 0.1) is 0 Å². The number of likely N-dealkylation sites (N-methyl/N-ethyl adjacent to an activating group) is 1. The van der Waals surface area contributed by atoms with E-state index >= 15 is 0 Å². The van der Waals surface area contributed by atoms with Crippen molar-refractivity contribution in [1.29, 1.82) is 0 Å². The van der Waals surface area contributed by atoms with Crippen molar-refractivity contribution in [3.8, 4) is 0 Å². The molecule has 1 aliphatic carbocycles. The van der Waals surface area contributed by atoms with E-state index in [1.807, 2.05) is 0 Å². The first-order valence-electron chi connectivity index (χ1n) is 8.56. The van der Waals surface area contributed by atoms with Gasteiger partial charge in [-0.25, -0.2) is 0 Å². The van der Waals surface area contributed by atoms with Crippen LogP contribution in [0.4, 0.5) is 0 Å². The molecule has 1 nitrogen and oxygen atoms in total. The van der Waals surface area contributed by atoms with E-state index in [0.717, 1.165) is 6.54 Å². The van der Waals surface area contributed by atoms with Crippen molar-refractivity contribution in [2.24, 2.45) is 5.41 Å². The van der Waals surface area contributed by atoms with Gasteiger partial charge in [-0.3, -0.25) is 0 Å². The van der Waals surface area contributed by atoms with Crippen LogP contribution in [0.2, 0.25) is 0 Å². The molecule has 118 valence electrons. The first-order valence-corrected chi connectivity index (χ1v) is 8.56. The number of hydrogen-bond donors (Lipinski definition) is 1. The molecule has 0 spiro atoms. The van der Waals surface area contributed by atoms with Gasteiger partial charge in [-0.05, 0) is 41.8 Å². The lowest BCUT2D eigenvalue weighted by Crippen LogP contribution is -2.54. The summed E-state index contributed by atoms with van der Waals surface area (Å²) < 4.78 is 0. The Labute approximate surface area is 131 Å². The fourth-order valence-corrected chi connectivity index (χ4v) is 4.23. The predicted molar refractivity (Wildman–Crippen MR) is 93.0 cm³/mol. The summed E-state index contributed by atoms with van der Waals surface area (Å²) in [5.41, 5.74) is 4.14. The molecule has 0 unspecified atom stereocenters. The van der Waals surface area contributed by atoms with Crippen LogP contribution in [0.25, 0.3) is 0 Å². The average Bonchev–Trinajstić information content (AvgIpc) is 2.42. The van der Waals surface area contributed by atoms with Crippen molar-refractivity contribution in [2.75, 3.05) is 13.6 Å². The zero-order valence-corrected chi connectivity index (χ0v) is 14.8. The molecule has 2 rings (SSSR count). The van der Waals surface area contributed by atoms with E-state index in [1.165, 1.54) is 36.8 Å². The van der Waals surface area contributed by atoms with Crippen LogP contribution in [-0.4, -0.2) is 13.6 Å². The highest BCUT2D eigenvalue weighted by Crippen LogP contribution is 2.59. The number of nitrogens with one attached hydrogen (secondary N) is 1. The third kappa shape index (κ3) is 3.04. The summed E-state index contributed by atoms with van der Waals surface area (Å²) in [7, 11) is 2.09. The Morgan fingerprint density at radius 3 is 1.90 bits per heavy atom. The van der Waals surface area contributed by atoms with E-state index in [1.54, 1.807) is 0 Å². The van der Waals surface area contributed by atoms with Crippen LogP contribution in [0.15, 0.2) is 24.3 Å². The van der Waals surface area contributed by atoms with Gasteiger partial charge in [0.25, 0.3) is 0 Å². The van der Waals surface area contributed by atoms with Gasteiger partial charge in [-0.1, -0.05) is 71.7 Å². The van der Waals surface area contributed by atoms with Crippen LogP contribution in [0.1, 0.15) is 71.4 Å². The quantitative estimate of drug-likeness (QED) is 0.800. The van der Waals surface area contributed by atoms with Crippen molar-refractivity contribution in [3.63, 3.8) is 0 Å². The monoisotopic (exact) mass is 287 g/mol. The van der Waals surface area contributed by atoms with Crippen molar-refractivity contribution in [3.05, 3.63) is 35.4 Å². The summed E-state index contributed by atoms with van der Waals surface area (Å²) in [6, 6.07) is 9.44. The molecule has 0 saturated heterocycles. The predicted octanol–water partition coefficient (Wildman–Crippen LogP) is 5.04. The van der Waals surface area contributed by atoms with Crippen molar-refractivity contribution >= 4 is 0 Å². The van der Waals surface area contributed by atoms with Crippen molar-refractivity contribution < 1.29 is 0 Å². The Morgan fingerprint density at radius 1 is 1.00 bits per heavy atom. The summed E-state index contributed by atoms with van der Waals surface area (Å²) in [5.74, 6) is 0. The molecule has 0 radical (unpaired) electrons. The Morgan fingerprint density at radius 2 is 1.52 bits per heavy atom. The molecule has 0 amide bonds. The molecule has 1 aliphatic rings. The molecule has 1 fully saturated rings. The lowest BCUT2D eigenvalue weighted by Gasteiger charge is -2.57. The van der Waals surface area contributed by atoms with Crippen molar-refractivity contribution in [2.45, 2.75) is 71.1 Å². The minimum absolute atomic E-state index is 0.241. The van der Waals surface area contributed by atoms with Gasteiger partial charge in [0.2, 0.25) is 0 Å². The fraction of sp³-hybridized carbons (Fsp3) is 0.700. The van der Waals surface area contributed by atoms with Gasteiger partial charge >= 0.3 is 0 Å². The van der Waals surface area contributed by atoms with E-state index in [-0.39, 0.29) is 5.41 Å². The second kappa shape index (κ2) is 5.76. The molecule has 1 N–H and O–H groups in total. The summed E-state index contributed by atoms with van der Waals surface area (Å²) in [6.45, 7) is 12.7. The smallest absolute Gasteiger partial charge is 0.00882 e. The lowest BCUT2D eigenvalue weighted by molar-refractivity contribution is 0.0140. The average molecular weight is 287 g/mol. The lowest BCUT2D eigenvalue weighted by atomic mass is 9.48. The zero-order chi connectivity index (χ0) is 15.7. The SMILES string of the molecule is CCC1(CC)CC(CNC)(c2ccc(C(C)(C)C)cc2)C1. The highest BCUT2D eigenvalue weighted by atomic mass is 14.8. The molecule has 0 heterocycles. The Balaban J connectivity index is 2.25. The fourth-order valence-electron chi connectivity index (χ4n) is 4.23. The van der Waals surface area contributed by atoms with E-state index in [0.29, 0.717) is 10.8 Å². The normalized spacial score (nSPS) is 20.1. The summed E-state index contributed by atoms with van der Waals surface area (Å²) in [4.78, 5) is 0. The molecule has 1 heteroatoms. The maximum absolute atomic E-state index is 3.44. The van der Waals surface area contributed by atoms with E-state index in [9.17, 15) is 0 Å². The highest BCUT2D eigenvalue weighted by Gasteiger charge is 2.52. The third-order valence-electron chi connectivity index (χ3n) is 5.81. The standard InChI is InChI=1S/C20H33N/c1-7-19(8-2)13-20(14-19,15-21-6)17-11-9-16(10-12-17)18(3,4)5/h9-12,21H,7-8,13-15H2,1-6H3. The van der Waals surface area contributed by atoms with Gasteiger partial charge in [0, 0.05) is 12.0 Å². The largest absolute Gasteiger partial charge is 0.319 e. The first-order chi connectivity index (χ1) is 9.81. The van der Waals surface area contributed by atoms with Gasteiger partial charge in [0.1, 0.15) is 0 Å². The Bertz CT molecular complexity index is 452. The molecule has 0 bridgehead atoms. The molecule has 0 aliphatic heterocycles. The molecule has 21 heavy (non-hydrogen) atoms. The Kier molecular flexibility index (Phi) is 4.54. The molecule has 0 atom stereocenters. The minimum Gasteiger partial charge on any atom is -0.319 e. The van der Waals surface area contributed by atoms with E-state index in [4.69, 9.17) is 0 Å². The molecule has 1 saturated carbocycles. The van der Waals surface area contributed by atoms with E-state index < -0.39 is 0 Å². The van der Waals surface area contributed by atoms with Gasteiger partial charge in [-0.2, -0.15) is 0 Å². The topological polar surface area (TPSA) is 12.0 Å². The minimum atomic E-state index is 0.241. The summed E-state index contributed by atoms with van der Waals surface area (Å²) in [6.07, 6.45) is 5.30. The zero-order valence-electron chi connectivity index (χ0n) is 14.8. The summed E-state index contributed by atoms with van der Waals surface area (Å²) in [5, 5.41) is 3.44. The van der Waals surface area contributed by atoms with Crippen LogP contribution in [0, 0.1) is 5.41 Å². The highest BCUT2D eigenvalue weighted by molar-refractivity contribution is 5.36.